The van der Waals surface area contributed by atoms with E-state index in [2.05, 4.69) is 6.07 Å². The van der Waals surface area contributed by atoms with Gasteiger partial charge in [-0.2, -0.15) is 5.26 Å². The third-order valence-corrected chi connectivity index (χ3v) is 2.42. The highest BCUT2D eigenvalue weighted by atomic mass is 14.5. The zero-order valence-corrected chi connectivity index (χ0v) is 9.30. The molecule has 0 heterocycles. The van der Waals surface area contributed by atoms with Gasteiger partial charge in [0.2, 0.25) is 0 Å². The molecule has 0 saturated heterocycles. The van der Waals surface area contributed by atoms with E-state index >= 15 is 0 Å². The number of nitrogen functional groups attached to an aromatic ring is 1. The smallest absolute Gasteiger partial charge is 0.0991 e. The second kappa shape index (κ2) is 5.00. The molecule has 0 aliphatic rings. The van der Waals surface area contributed by atoms with Gasteiger partial charge in [0, 0.05) is 5.69 Å². The summed E-state index contributed by atoms with van der Waals surface area (Å²) < 4.78 is 0. The molecule has 0 bridgehead atoms. The number of nitriles is 1. The van der Waals surface area contributed by atoms with Crippen molar-refractivity contribution in [2.45, 2.75) is 0 Å². The van der Waals surface area contributed by atoms with Crippen molar-refractivity contribution in [3.63, 3.8) is 0 Å². The lowest BCUT2D eigenvalue weighted by atomic mass is 10.1. The lowest BCUT2D eigenvalue weighted by Crippen LogP contribution is -1.82. The van der Waals surface area contributed by atoms with Gasteiger partial charge in [-0.3, -0.25) is 0 Å². The van der Waals surface area contributed by atoms with Gasteiger partial charge in [-0.1, -0.05) is 36.4 Å². The Morgan fingerprint density at radius 2 is 1.65 bits per heavy atom. The van der Waals surface area contributed by atoms with E-state index in [9.17, 15) is 0 Å². The van der Waals surface area contributed by atoms with Gasteiger partial charge < -0.3 is 5.73 Å². The lowest BCUT2D eigenvalue weighted by molar-refractivity contribution is 1.48. The van der Waals surface area contributed by atoms with Crippen LogP contribution in [0.15, 0.2) is 48.5 Å². The molecule has 2 aromatic rings. The van der Waals surface area contributed by atoms with Gasteiger partial charge in [-0.25, -0.2) is 0 Å². The summed E-state index contributed by atoms with van der Waals surface area (Å²) in [4.78, 5) is 0. The zero-order chi connectivity index (χ0) is 12.1. The maximum absolute atomic E-state index is 8.79. The van der Waals surface area contributed by atoms with Crippen molar-refractivity contribution in [2.75, 3.05) is 5.73 Å². The van der Waals surface area contributed by atoms with Gasteiger partial charge in [-0.05, 0) is 35.4 Å². The number of anilines is 1. The van der Waals surface area contributed by atoms with Crippen molar-refractivity contribution in [3.05, 3.63) is 65.2 Å². The summed E-state index contributed by atoms with van der Waals surface area (Å²) in [6, 6.07) is 17.3. The first kappa shape index (κ1) is 11.0. The quantitative estimate of drug-likeness (QED) is 0.623. The van der Waals surface area contributed by atoms with Gasteiger partial charge in [0.05, 0.1) is 11.6 Å². The summed E-state index contributed by atoms with van der Waals surface area (Å²) in [6.07, 6.45) is 3.97. The Kier molecular flexibility index (Phi) is 3.23. The normalized spacial score (nSPS) is 10.3. The molecule has 82 valence electrons. The molecule has 2 heteroatoms. The first-order chi connectivity index (χ1) is 8.28. The van der Waals surface area contributed by atoms with Crippen molar-refractivity contribution >= 4 is 17.8 Å². The Morgan fingerprint density at radius 3 is 2.35 bits per heavy atom. The summed E-state index contributed by atoms with van der Waals surface area (Å²) in [6.45, 7) is 0. The van der Waals surface area contributed by atoms with E-state index in [0.717, 1.165) is 16.8 Å². The molecule has 2 N–H and O–H groups in total. The first-order valence-electron chi connectivity index (χ1n) is 5.32. The van der Waals surface area contributed by atoms with Gasteiger partial charge in [0.25, 0.3) is 0 Å². The molecule has 0 aliphatic carbocycles. The fraction of sp³-hybridized carbons (Fsp3) is 0. The summed E-state index contributed by atoms with van der Waals surface area (Å²) >= 11 is 0. The van der Waals surface area contributed by atoms with Crippen molar-refractivity contribution in [1.29, 1.82) is 5.26 Å². The van der Waals surface area contributed by atoms with Crippen LogP contribution in [0.1, 0.15) is 16.7 Å². The average Bonchev–Trinajstić information content (AvgIpc) is 2.38. The minimum atomic E-state index is 0.671. The Morgan fingerprint density at radius 1 is 0.941 bits per heavy atom. The molecule has 0 aromatic heterocycles. The predicted molar refractivity (Wildman–Crippen MR) is 70.9 cm³/mol. The van der Waals surface area contributed by atoms with Gasteiger partial charge in [0.15, 0.2) is 0 Å². The van der Waals surface area contributed by atoms with Crippen LogP contribution in [-0.2, 0) is 0 Å². The molecule has 2 aromatic carbocycles. The van der Waals surface area contributed by atoms with Crippen LogP contribution in [-0.4, -0.2) is 0 Å². The highest BCUT2D eigenvalue weighted by Crippen LogP contribution is 2.11. The van der Waals surface area contributed by atoms with Crippen LogP contribution >= 0.6 is 0 Å². The fourth-order valence-electron chi connectivity index (χ4n) is 1.51. The molecular formula is C15H12N2. The van der Waals surface area contributed by atoms with Gasteiger partial charge in [-0.15, -0.1) is 0 Å². The van der Waals surface area contributed by atoms with Crippen LogP contribution < -0.4 is 5.73 Å². The minimum absolute atomic E-state index is 0.671. The molecule has 0 amide bonds. The second-order valence-corrected chi connectivity index (χ2v) is 3.74. The summed E-state index contributed by atoms with van der Waals surface area (Å²) in [5.74, 6) is 0. The van der Waals surface area contributed by atoms with Crippen molar-refractivity contribution in [3.8, 4) is 6.07 Å². The molecule has 0 atom stereocenters. The molecule has 2 nitrogen and oxygen atoms in total. The zero-order valence-electron chi connectivity index (χ0n) is 9.30. The van der Waals surface area contributed by atoms with E-state index in [4.69, 9.17) is 11.0 Å². The van der Waals surface area contributed by atoms with Crippen LogP contribution in [0.5, 0.6) is 0 Å². The van der Waals surface area contributed by atoms with E-state index < -0.39 is 0 Å². The Bertz CT molecular complexity index is 575. The van der Waals surface area contributed by atoms with E-state index in [-0.39, 0.29) is 0 Å². The van der Waals surface area contributed by atoms with Crippen molar-refractivity contribution in [1.82, 2.24) is 0 Å². The van der Waals surface area contributed by atoms with E-state index in [1.165, 1.54) is 0 Å². The number of benzene rings is 2. The largest absolute Gasteiger partial charge is 0.399 e. The van der Waals surface area contributed by atoms with E-state index in [0.29, 0.717) is 5.56 Å². The molecule has 0 aliphatic heterocycles. The molecule has 0 saturated carbocycles. The maximum atomic E-state index is 8.79. The Labute approximate surface area is 101 Å². The maximum Gasteiger partial charge on any atom is 0.0991 e. The number of nitrogens with zero attached hydrogens (tertiary/aromatic N) is 1. The second-order valence-electron chi connectivity index (χ2n) is 3.74. The fourth-order valence-corrected chi connectivity index (χ4v) is 1.51. The summed E-state index contributed by atoms with van der Waals surface area (Å²) in [5, 5.41) is 8.79. The molecule has 2 rings (SSSR count). The van der Waals surface area contributed by atoms with Crippen LogP contribution in [0.3, 0.4) is 0 Å². The molecule has 0 unspecified atom stereocenters. The molecule has 17 heavy (non-hydrogen) atoms. The SMILES string of the molecule is N#Cc1cccc(/C=C/c2ccc(N)cc2)c1. The predicted octanol–water partition coefficient (Wildman–Crippen LogP) is 3.31. The Hall–Kier alpha value is -2.53. The summed E-state index contributed by atoms with van der Waals surface area (Å²) in [7, 11) is 0. The van der Waals surface area contributed by atoms with Crippen LogP contribution in [0, 0.1) is 11.3 Å². The standard InChI is InChI=1S/C15H12N2/c16-11-14-3-1-2-13(10-14)5-4-12-6-8-15(17)9-7-12/h1-10H,17H2/b5-4+. The highest BCUT2D eigenvalue weighted by molar-refractivity contribution is 5.70. The topological polar surface area (TPSA) is 49.8 Å². The van der Waals surface area contributed by atoms with Gasteiger partial charge >= 0.3 is 0 Å². The van der Waals surface area contributed by atoms with Crippen molar-refractivity contribution in [2.24, 2.45) is 0 Å². The van der Waals surface area contributed by atoms with Crippen LogP contribution in [0.25, 0.3) is 12.2 Å². The number of hydrogen-bond donors (Lipinski definition) is 1. The molecular weight excluding hydrogens is 208 g/mol. The van der Waals surface area contributed by atoms with Gasteiger partial charge in [0.1, 0.15) is 0 Å². The molecule has 0 radical (unpaired) electrons. The molecule has 0 fully saturated rings. The third kappa shape index (κ3) is 2.96. The monoisotopic (exact) mass is 220 g/mol. The van der Waals surface area contributed by atoms with Crippen LogP contribution in [0.2, 0.25) is 0 Å². The Balaban J connectivity index is 2.20. The highest BCUT2D eigenvalue weighted by Gasteiger charge is 1.91. The number of hydrogen-bond acceptors (Lipinski definition) is 2. The van der Waals surface area contributed by atoms with Crippen LogP contribution in [0.4, 0.5) is 5.69 Å². The van der Waals surface area contributed by atoms with E-state index in [1.807, 2.05) is 54.6 Å². The minimum Gasteiger partial charge on any atom is -0.399 e. The van der Waals surface area contributed by atoms with Crippen molar-refractivity contribution < 1.29 is 0 Å². The first-order valence-corrected chi connectivity index (χ1v) is 5.32. The van der Waals surface area contributed by atoms with E-state index in [1.54, 1.807) is 6.07 Å². The average molecular weight is 220 g/mol. The lowest BCUT2D eigenvalue weighted by Gasteiger charge is -1.96. The number of rotatable bonds is 2. The third-order valence-electron chi connectivity index (χ3n) is 2.42. The number of nitrogens with two attached hydrogens (primary N) is 1. The molecule has 0 spiro atoms. The summed E-state index contributed by atoms with van der Waals surface area (Å²) in [5.41, 5.74) is 9.14.